The summed E-state index contributed by atoms with van der Waals surface area (Å²) in [6.07, 6.45) is 5.50. The van der Waals surface area contributed by atoms with Crippen molar-refractivity contribution in [3.8, 4) is 0 Å². The summed E-state index contributed by atoms with van der Waals surface area (Å²) in [5.74, 6) is 0. The van der Waals surface area contributed by atoms with Crippen LogP contribution in [0.4, 0.5) is 0 Å². The van der Waals surface area contributed by atoms with Crippen LogP contribution in [0.15, 0.2) is 89.1 Å². The molecular weight excluding hydrogens is 304 g/mol. The summed E-state index contributed by atoms with van der Waals surface area (Å²) >= 11 is 0. The topological polar surface area (TPSA) is 24.7 Å². The molecule has 0 bridgehead atoms. The van der Waals surface area contributed by atoms with Crippen molar-refractivity contribution < 1.29 is 0 Å². The second kappa shape index (κ2) is 7.27. The van der Waals surface area contributed by atoms with Gasteiger partial charge in [0.1, 0.15) is 5.71 Å². The fraction of sp³-hybridized carbons (Fsp3) is 0.130. The van der Waals surface area contributed by atoms with Crippen molar-refractivity contribution in [3.05, 3.63) is 107 Å². The van der Waals surface area contributed by atoms with Crippen molar-refractivity contribution in [2.24, 2.45) is 10.2 Å². The lowest BCUT2D eigenvalue weighted by atomic mass is 10.0. The van der Waals surface area contributed by atoms with Crippen LogP contribution in [0.25, 0.3) is 0 Å². The highest BCUT2D eigenvalue weighted by Gasteiger charge is 2.10. The normalized spacial score (nSPS) is 13.0. The van der Waals surface area contributed by atoms with Gasteiger partial charge in [-0.25, -0.2) is 0 Å². The lowest BCUT2D eigenvalue weighted by Crippen LogP contribution is -2.02. The molecule has 0 aromatic heterocycles. The Kier molecular flexibility index (Phi) is 4.51. The molecule has 1 aliphatic rings. The number of rotatable bonds is 4. The Labute approximate surface area is 148 Å². The third-order valence-corrected chi connectivity index (χ3v) is 4.58. The second-order valence-corrected chi connectivity index (χ2v) is 6.31. The van der Waals surface area contributed by atoms with Gasteiger partial charge in [-0.15, -0.1) is 5.10 Å². The number of hydrogen-bond acceptors (Lipinski definition) is 2. The number of nitrogens with zero attached hydrogens (tertiary/aromatic N) is 2. The molecule has 3 aromatic carbocycles. The predicted molar refractivity (Wildman–Crippen MR) is 105 cm³/mol. The first-order chi connectivity index (χ1) is 12.4. The van der Waals surface area contributed by atoms with Crippen LogP contribution in [-0.2, 0) is 12.8 Å². The van der Waals surface area contributed by atoms with Crippen molar-refractivity contribution in [1.29, 1.82) is 0 Å². The zero-order valence-electron chi connectivity index (χ0n) is 14.1. The van der Waals surface area contributed by atoms with Crippen LogP contribution in [0.2, 0.25) is 0 Å². The average Bonchev–Trinajstić information content (AvgIpc) is 3.14. The van der Waals surface area contributed by atoms with E-state index in [0.29, 0.717) is 0 Å². The lowest BCUT2D eigenvalue weighted by molar-refractivity contribution is 0.912. The van der Waals surface area contributed by atoms with Crippen LogP contribution in [0.5, 0.6) is 0 Å². The van der Waals surface area contributed by atoms with Gasteiger partial charge in [-0.3, -0.25) is 0 Å². The number of benzene rings is 3. The monoisotopic (exact) mass is 324 g/mol. The molecule has 0 radical (unpaired) electrons. The van der Waals surface area contributed by atoms with E-state index in [1.807, 2.05) is 42.6 Å². The highest BCUT2D eigenvalue weighted by Crippen LogP contribution is 2.22. The quantitative estimate of drug-likeness (QED) is 0.474. The summed E-state index contributed by atoms with van der Waals surface area (Å²) in [4.78, 5) is 0. The van der Waals surface area contributed by atoms with E-state index >= 15 is 0 Å². The Morgan fingerprint density at radius 3 is 2.04 bits per heavy atom. The summed E-state index contributed by atoms with van der Waals surface area (Å²) in [5.41, 5.74) is 7.08. The molecule has 122 valence electrons. The second-order valence-electron chi connectivity index (χ2n) is 6.31. The zero-order chi connectivity index (χ0) is 16.9. The summed E-state index contributed by atoms with van der Waals surface area (Å²) < 4.78 is 0. The molecule has 0 fully saturated rings. The highest BCUT2D eigenvalue weighted by molar-refractivity contribution is 6.12. The van der Waals surface area contributed by atoms with Crippen molar-refractivity contribution in [3.63, 3.8) is 0 Å². The Morgan fingerprint density at radius 2 is 1.36 bits per heavy atom. The molecule has 0 aliphatic heterocycles. The van der Waals surface area contributed by atoms with Gasteiger partial charge in [-0.2, -0.15) is 5.10 Å². The maximum atomic E-state index is 4.54. The van der Waals surface area contributed by atoms with Crippen LogP contribution >= 0.6 is 0 Å². The van der Waals surface area contributed by atoms with Crippen molar-refractivity contribution in [1.82, 2.24) is 0 Å². The fourth-order valence-electron chi connectivity index (χ4n) is 3.30. The largest absolute Gasteiger partial charge is 0.158 e. The maximum Gasteiger partial charge on any atom is 0.100 e. The highest BCUT2D eigenvalue weighted by atomic mass is 15.2. The molecule has 0 unspecified atom stereocenters. The summed E-state index contributed by atoms with van der Waals surface area (Å²) in [5, 5.41) is 8.92. The molecule has 0 heterocycles. The molecule has 25 heavy (non-hydrogen) atoms. The lowest BCUT2D eigenvalue weighted by Gasteiger charge is -2.05. The Morgan fingerprint density at radius 1 is 0.720 bits per heavy atom. The van der Waals surface area contributed by atoms with Gasteiger partial charge in [-0.05, 0) is 42.0 Å². The molecule has 0 saturated heterocycles. The first-order valence-corrected chi connectivity index (χ1v) is 8.74. The number of aryl methyl sites for hydroxylation is 2. The maximum absolute atomic E-state index is 4.54. The van der Waals surface area contributed by atoms with Crippen LogP contribution in [0.1, 0.15) is 34.2 Å². The van der Waals surface area contributed by atoms with E-state index in [9.17, 15) is 0 Å². The third kappa shape index (κ3) is 3.58. The SMILES string of the molecule is C(=N\N=C(c1ccccc1)c1ccccc1)/c1ccc2c(c1)CCC2. The third-order valence-electron chi connectivity index (χ3n) is 4.58. The first-order valence-electron chi connectivity index (χ1n) is 8.74. The van der Waals surface area contributed by atoms with Crippen LogP contribution in [0, 0.1) is 0 Å². The Bertz CT molecular complexity index is 868. The molecule has 0 atom stereocenters. The van der Waals surface area contributed by atoms with Gasteiger partial charge in [0.2, 0.25) is 0 Å². The molecular formula is C23H20N2. The number of fused-ring (bicyclic) bond motifs is 1. The minimum atomic E-state index is 0.888. The van der Waals surface area contributed by atoms with Crippen LogP contribution in [-0.4, -0.2) is 11.9 Å². The molecule has 2 nitrogen and oxygen atoms in total. The molecule has 0 saturated carbocycles. The first kappa shape index (κ1) is 15.5. The average molecular weight is 324 g/mol. The minimum Gasteiger partial charge on any atom is -0.158 e. The summed E-state index contributed by atoms with van der Waals surface area (Å²) in [6, 6.07) is 27.0. The minimum absolute atomic E-state index is 0.888. The molecule has 0 amide bonds. The molecule has 3 aromatic rings. The molecule has 0 N–H and O–H groups in total. The van der Waals surface area contributed by atoms with Crippen molar-refractivity contribution >= 4 is 11.9 Å². The Hall–Kier alpha value is -3.00. The van der Waals surface area contributed by atoms with E-state index in [1.54, 1.807) is 0 Å². The van der Waals surface area contributed by atoms with Crippen LogP contribution in [0.3, 0.4) is 0 Å². The molecule has 0 spiro atoms. The van der Waals surface area contributed by atoms with E-state index in [0.717, 1.165) is 22.4 Å². The standard InChI is InChI=1S/C23H20N2/c1-3-8-20(9-4-1)23(21-10-5-2-6-11-21)25-24-17-18-14-15-19-12-7-13-22(19)16-18/h1-6,8-11,14-17H,7,12-13H2/b24-17+. The Balaban J connectivity index is 1.65. The van der Waals surface area contributed by atoms with E-state index in [2.05, 4.69) is 52.7 Å². The number of hydrogen-bond donors (Lipinski definition) is 0. The van der Waals surface area contributed by atoms with Crippen LogP contribution < -0.4 is 0 Å². The van der Waals surface area contributed by atoms with E-state index in [1.165, 1.54) is 30.4 Å². The van der Waals surface area contributed by atoms with Crippen molar-refractivity contribution in [2.75, 3.05) is 0 Å². The molecule has 1 aliphatic carbocycles. The molecule has 4 rings (SSSR count). The summed E-state index contributed by atoms with van der Waals surface area (Å²) in [7, 11) is 0. The zero-order valence-corrected chi connectivity index (χ0v) is 14.1. The van der Waals surface area contributed by atoms with Crippen molar-refractivity contribution in [2.45, 2.75) is 19.3 Å². The molecule has 2 heteroatoms. The van der Waals surface area contributed by atoms with Gasteiger partial charge in [0.15, 0.2) is 0 Å². The van der Waals surface area contributed by atoms with Gasteiger partial charge in [0, 0.05) is 11.1 Å². The van der Waals surface area contributed by atoms with E-state index in [-0.39, 0.29) is 0 Å². The predicted octanol–water partition coefficient (Wildman–Crippen LogP) is 5.05. The van der Waals surface area contributed by atoms with Gasteiger partial charge in [0.25, 0.3) is 0 Å². The van der Waals surface area contributed by atoms with E-state index in [4.69, 9.17) is 0 Å². The van der Waals surface area contributed by atoms with Gasteiger partial charge >= 0.3 is 0 Å². The summed E-state index contributed by atoms with van der Waals surface area (Å²) in [6.45, 7) is 0. The smallest absolute Gasteiger partial charge is 0.100 e. The van der Waals surface area contributed by atoms with Gasteiger partial charge in [0.05, 0.1) is 6.21 Å². The van der Waals surface area contributed by atoms with Gasteiger partial charge in [-0.1, -0.05) is 72.8 Å². The fourth-order valence-corrected chi connectivity index (χ4v) is 3.30. The van der Waals surface area contributed by atoms with E-state index < -0.39 is 0 Å². The van der Waals surface area contributed by atoms with Gasteiger partial charge < -0.3 is 0 Å².